The van der Waals surface area contributed by atoms with E-state index < -0.39 is 24.0 Å². The number of ether oxygens (including phenoxy) is 2. The SMILES string of the molecule is CC1(C)OCC(C(O)C(=O)[O-])O1.[Na+]. The van der Waals surface area contributed by atoms with Crippen molar-refractivity contribution in [1.29, 1.82) is 0 Å². The van der Waals surface area contributed by atoms with Crippen molar-refractivity contribution in [2.75, 3.05) is 6.61 Å². The molecule has 1 aliphatic heterocycles. The molecule has 0 aromatic heterocycles. The van der Waals surface area contributed by atoms with Crippen LogP contribution < -0.4 is 34.7 Å². The van der Waals surface area contributed by atoms with Crippen LogP contribution >= 0.6 is 0 Å². The van der Waals surface area contributed by atoms with Crippen molar-refractivity contribution in [3.05, 3.63) is 0 Å². The first kappa shape index (κ1) is 13.4. The normalized spacial score (nSPS) is 27.8. The van der Waals surface area contributed by atoms with Crippen LogP contribution in [0.15, 0.2) is 0 Å². The number of aliphatic hydroxyl groups excluding tert-OH is 1. The van der Waals surface area contributed by atoms with E-state index in [1.165, 1.54) is 0 Å². The van der Waals surface area contributed by atoms with Crippen molar-refractivity contribution in [3.8, 4) is 0 Å². The maximum absolute atomic E-state index is 10.2. The van der Waals surface area contributed by atoms with Gasteiger partial charge in [0.15, 0.2) is 5.79 Å². The summed E-state index contributed by atoms with van der Waals surface area (Å²) in [6.45, 7) is 3.37. The van der Waals surface area contributed by atoms with Gasteiger partial charge in [0.2, 0.25) is 0 Å². The molecule has 70 valence electrons. The second kappa shape index (κ2) is 4.72. The van der Waals surface area contributed by atoms with E-state index in [1.807, 2.05) is 0 Å². The number of aliphatic hydroxyl groups is 1. The van der Waals surface area contributed by atoms with Gasteiger partial charge in [-0.3, -0.25) is 0 Å². The van der Waals surface area contributed by atoms with Crippen LogP contribution in [0.3, 0.4) is 0 Å². The van der Waals surface area contributed by atoms with Crippen LogP contribution in [-0.2, 0) is 14.3 Å². The summed E-state index contributed by atoms with van der Waals surface area (Å²) in [5, 5.41) is 19.2. The monoisotopic (exact) mass is 198 g/mol. The zero-order chi connectivity index (χ0) is 9.35. The quantitative estimate of drug-likeness (QED) is 0.451. The first-order valence-corrected chi connectivity index (χ1v) is 3.63. The Kier molecular flexibility index (Phi) is 4.85. The molecule has 0 aliphatic carbocycles. The molecular formula is C7H11NaO5. The number of aliphatic carboxylic acids is 1. The molecule has 1 heterocycles. The fourth-order valence-electron chi connectivity index (χ4n) is 1.02. The molecule has 0 bridgehead atoms. The largest absolute Gasteiger partial charge is 1.00 e. The molecule has 1 saturated heterocycles. The molecule has 1 fully saturated rings. The first-order chi connectivity index (χ1) is 5.42. The zero-order valence-corrected chi connectivity index (χ0v) is 9.94. The Morgan fingerprint density at radius 2 is 2.23 bits per heavy atom. The summed E-state index contributed by atoms with van der Waals surface area (Å²) in [7, 11) is 0. The molecule has 0 aromatic rings. The van der Waals surface area contributed by atoms with Gasteiger partial charge >= 0.3 is 29.6 Å². The summed E-state index contributed by atoms with van der Waals surface area (Å²) in [4.78, 5) is 10.2. The Morgan fingerprint density at radius 3 is 2.54 bits per heavy atom. The Balaban J connectivity index is 0.00000144. The van der Waals surface area contributed by atoms with Gasteiger partial charge in [0, 0.05) is 0 Å². The average molecular weight is 198 g/mol. The van der Waals surface area contributed by atoms with Crippen molar-refractivity contribution < 1.29 is 54.0 Å². The Bertz CT molecular complexity index is 193. The summed E-state index contributed by atoms with van der Waals surface area (Å²) in [6, 6.07) is 0. The van der Waals surface area contributed by atoms with Gasteiger partial charge in [-0.05, 0) is 13.8 Å². The summed E-state index contributed by atoms with van der Waals surface area (Å²) in [6.07, 6.45) is -2.45. The van der Waals surface area contributed by atoms with E-state index in [1.54, 1.807) is 13.8 Å². The van der Waals surface area contributed by atoms with Gasteiger partial charge in [0.1, 0.15) is 12.2 Å². The van der Waals surface area contributed by atoms with Gasteiger partial charge in [-0.25, -0.2) is 0 Å². The molecule has 1 aliphatic rings. The van der Waals surface area contributed by atoms with E-state index in [9.17, 15) is 9.90 Å². The number of carbonyl (C=O) groups excluding carboxylic acids is 1. The molecule has 0 aromatic carbocycles. The second-order valence-corrected chi connectivity index (χ2v) is 3.13. The Hall–Kier alpha value is 0.350. The standard InChI is InChI=1S/C7H12O5.Na/c1-7(2)11-3-4(12-7)5(8)6(9)10;/h4-5,8H,3H2,1-2H3,(H,9,10);/q;+1/p-1. The first-order valence-electron chi connectivity index (χ1n) is 3.63. The fourth-order valence-corrected chi connectivity index (χ4v) is 1.02. The average Bonchev–Trinajstić information content (AvgIpc) is 2.28. The van der Waals surface area contributed by atoms with Gasteiger partial charge in [-0.1, -0.05) is 0 Å². The van der Waals surface area contributed by atoms with Crippen LogP contribution in [0.5, 0.6) is 0 Å². The molecule has 0 saturated carbocycles. The third-order valence-electron chi connectivity index (χ3n) is 1.62. The number of rotatable bonds is 2. The van der Waals surface area contributed by atoms with Crippen LogP contribution in [-0.4, -0.2) is 35.7 Å². The maximum atomic E-state index is 10.2. The predicted molar refractivity (Wildman–Crippen MR) is 35.9 cm³/mol. The minimum absolute atomic E-state index is 0. The number of carbonyl (C=O) groups is 1. The molecule has 13 heavy (non-hydrogen) atoms. The van der Waals surface area contributed by atoms with E-state index >= 15 is 0 Å². The van der Waals surface area contributed by atoms with E-state index in [2.05, 4.69) is 0 Å². The number of hydrogen-bond donors (Lipinski definition) is 1. The van der Waals surface area contributed by atoms with Gasteiger partial charge in [-0.2, -0.15) is 0 Å². The third-order valence-corrected chi connectivity index (χ3v) is 1.62. The molecule has 5 nitrogen and oxygen atoms in total. The third kappa shape index (κ3) is 3.53. The molecule has 0 radical (unpaired) electrons. The molecular weight excluding hydrogens is 187 g/mol. The van der Waals surface area contributed by atoms with Crippen molar-refractivity contribution in [1.82, 2.24) is 0 Å². The van der Waals surface area contributed by atoms with E-state index in [4.69, 9.17) is 14.6 Å². The molecule has 1 rings (SSSR count). The van der Waals surface area contributed by atoms with Gasteiger partial charge in [0.05, 0.1) is 12.6 Å². The van der Waals surface area contributed by atoms with Gasteiger partial charge in [-0.15, -0.1) is 0 Å². The van der Waals surface area contributed by atoms with Crippen molar-refractivity contribution >= 4 is 5.97 Å². The number of carboxylic acid groups (broad SMARTS) is 1. The van der Waals surface area contributed by atoms with Crippen LogP contribution in [0.4, 0.5) is 0 Å². The molecule has 2 atom stereocenters. The van der Waals surface area contributed by atoms with E-state index in [-0.39, 0.29) is 36.2 Å². The van der Waals surface area contributed by atoms with Crippen molar-refractivity contribution in [3.63, 3.8) is 0 Å². The van der Waals surface area contributed by atoms with Crippen molar-refractivity contribution in [2.24, 2.45) is 0 Å². The Labute approximate surface area is 98.3 Å². The van der Waals surface area contributed by atoms with Crippen LogP contribution in [0.1, 0.15) is 13.8 Å². The summed E-state index contributed by atoms with van der Waals surface area (Å²) in [5.41, 5.74) is 0. The summed E-state index contributed by atoms with van der Waals surface area (Å²) >= 11 is 0. The predicted octanol–water partition coefficient (Wildman–Crippen LogP) is -4.75. The molecule has 6 heteroatoms. The molecule has 1 N–H and O–H groups in total. The summed E-state index contributed by atoms with van der Waals surface area (Å²) in [5.74, 6) is -2.36. The maximum Gasteiger partial charge on any atom is 1.00 e. The minimum atomic E-state index is -1.62. The second-order valence-electron chi connectivity index (χ2n) is 3.13. The van der Waals surface area contributed by atoms with Crippen LogP contribution in [0, 0.1) is 0 Å². The summed E-state index contributed by atoms with van der Waals surface area (Å²) < 4.78 is 10.1. The van der Waals surface area contributed by atoms with Crippen LogP contribution in [0.25, 0.3) is 0 Å². The molecule has 0 amide bonds. The number of carboxylic acids is 1. The van der Waals surface area contributed by atoms with Gasteiger partial charge < -0.3 is 24.5 Å². The van der Waals surface area contributed by atoms with E-state index in [0.29, 0.717) is 0 Å². The Morgan fingerprint density at radius 1 is 1.69 bits per heavy atom. The minimum Gasteiger partial charge on any atom is -0.547 e. The topological polar surface area (TPSA) is 78.8 Å². The van der Waals surface area contributed by atoms with Crippen LogP contribution in [0.2, 0.25) is 0 Å². The molecule has 2 unspecified atom stereocenters. The van der Waals surface area contributed by atoms with Gasteiger partial charge in [0.25, 0.3) is 0 Å². The number of hydrogen-bond acceptors (Lipinski definition) is 5. The smallest absolute Gasteiger partial charge is 0.547 e. The zero-order valence-electron chi connectivity index (χ0n) is 7.94. The fraction of sp³-hybridized carbons (Fsp3) is 0.857. The van der Waals surface area contributed by atoms with E-state index in [0.717, 1.165) is 0 Å². The molecule has 0 spiro atoms. The van der Waals surface area contributed by atoms with Crippen molar-refractivity contribution in [2.45, 2.75) is 31.8 Å².